The van der Waals surface area contributed by atoms with Crippen LogP contribution in [-0.2, 0) is 11.3 Å². The molecule has 21 heavy (non-hydrogen) atoms. The highest BCUT2D eigenvalue weighted by Crippen LogP contribution is 2.38. The number of methoxy groups -OCH3 is 1. The summed E-state index contributed by atoms with van der Waals surface area (Å²) in [5, 5.41) is 4.22. The van der Waals surface area contributed by atoms with Crippen molar-refractivity contribution in [2.75, 3.05) is 20.3 Å². The normalized spacial score (nSPS) is 22.4. The van der Waals surface area contributed by atoms with Gasteiger partial charge in [-0.3, -0.25) is 0 Å². The summed E-state index contributed by atoms with van der Waals surface area (Å²) >= 11 is 2.10. The zero-order valence-electron chi connectivity index (χ0n) is 13.4. The van der Waals surface area contributed by atoms with Crippen molar-refractivity contribution in [2.45, 2.75) is 55.7 Å². The molecule has 0 bridgehead atoms. The molecule has 0 aliphatic heterocycles. The van der Waals surface area contributed by atoms with Crippen LogP contribution in [-0.4, -0.2) is 25.5 Å². The van der Waals surface area contributed by atoms with Gasteiger partial charge in [0.15, 0.2) is 0 Å². The Morgan fingerprint density at radius 2 is 1.95 bits per heavy atom. The molecule has 0 amide bonds. The van der Waals surface area contributed by atoms with Gasteiger partial charge in [0.1, 0.15) is 0 Å². The minimum Gasteiger partial charge on any atom is -0.383 e. The molecular formula is C18H29NOS. The number of nitrogens with one attached hydrogen (secondary N) is 1. The molecule has 2 atom stereocenters. The van der Waals surface area contributed by atoms with E-state index in [1.54, 1.807) is 7.11 Å². The third-order valence-electron chi connectivity index (χ3n) is 4.39. The van der Waals surface area contributed by atoms with Crippen molar-refractivity contribution in [3.05, 3.63) is 29.8 Å². The van der Waals surface area contributed by atoms with E-state index >= 15 is 0 Å². The first kappa shape index (κ1) is 16.9. The smallest absolute Gasteiger partial charge is 0.0587 e. The highest BCUT2D eigenvalue weighted by molar-refractivity contribution is 8.00. The van der Waals surface area contributed by atoms with Gasteiger partial charge in [-0.1, -0.05) is 38.3 Å². The highest BCUT2D eigenvalue weighted by Gasteiger charge is 2.24. The van der Waals surface area contributed by atoms with E-state index in [1.165, 1.54) is 42.6 Å². The van der Waals surface area contributed by atoms with Crippen LogP contribution in [0.2, 0.25) is 0 Å². The molecule has 2 unspecified atom stereocenters. The second kappa shape index (κ2) is 9.50. The summed E-state index contributed by atoms with van der Waals surface area (Å²) in [5.74, 6) is 0.916. The summed E-state index contributed by atoms with van der Waals surface area (Å²) in [4.78, 5) is 1.43. The van der Waals surface area contributed by atoms with E-state index in [0.29, 0.717) is 0 Å². The van der Waals surface area contributed by atoms with Crippen LogP contribution in [0.3, 0.4) is 0 Å². The molecule has 1 aliphatic rings. The number of benzene rings is 1. The third-order valence-corrected chi connectivity index (χ3v) is 5.85. The average Bonchev–Trinajstić information content (AvgIpc) is 2.54. The Morgan fingerprint density at radius 1 is 1.19 bits per heavy atom. The topological polar surface area (TPSA) is 21.3 Å². The molecule has 1 N–H and O–H groups in total. The quantitative estimate of drug-likeness (QED) is 0.715. The van der Waals surface area contributed by atoms with Crippen molar-refractivity contribution in [3.63, 3.8) is 0 Å². The summed E-state index contributed by atoms with van der Waals surface area (Å²) in [7, 11) is 1.74. The summed E-state index contributed by atoms with van der Waals surface area (Å²) in [6.45, 7) is 4.95. The predicted octanol–water partition coefficient (Wildman–Crippen LogP) is 4.48. The second-order valence-corrected chi connectivity index (χ2v) is 7.24. The van der Waals surface area contributed by atoms with Crippen molar-refractivity contribution in [1.29, 1.82) is 0 Å². The van der Waals surface area contributed by atoms with Crippen LogP contribution in [0.4, 0.5) is 0 Å². The number of thioether (sulfide) groups is 1. The Kier molecular flexibility index (Phi) is 7.62. The molecule has 118 valence electrons. The lowest BCUT2D eigenvalue weighted by Gasteiger charge is -2.30. The van der Waals surface area contributed by atoms with Crippen LogP contribution in [0, 0.1) is 5.92 Å². The van der Waals surface area contributed by atoms with Gasteiger partial charge in [-0.25, -0.2) is 0 Å². The maximum atomic E-state index is 5.04. The van der Waals surface area contributed by atoms with Crippen molar-refractivity contribution in [1.82, 2.24) is 5.32 Å². The molecule has 0 heterocycles. The zero-order chi connectivity index (χ0) is 14.9. The minimum absolute atomic E-state index is 0.772. The summed E-state index contributed by atoms with van der Waals surface area (Å²) in [5.41, 5.74) is 1.35. The Morgan fingerprint density at radius 3 is 2.67 bits per heavy atom. The van der Waals surface area contributed by atoms with Crippen molar-refractivity contribution in [2.24, 2.45) is 5.92 Å². The molecule has 0 radical (unpaired) electrons. The van der Waals surface area contributed by atoms with Crippen LogP contribution >= 0.6 is 11.8 Å². The average molecular weight is 308 g/mol. The highest BCUT2D eigenvalue weighted by atomic mass is 32.2. The molecule has 0 saturated heterocycles. The third kappa shape index (κ3) is 5.65. The van der Waals surface area contributed by atoms with Gasteiger partial charge in [-0.2, -0.15) is 0 Å². The van der Waals surface area contributed by atoms with E-state index in [2.05, 4.69) is 48.3 Å². The van der Waals surface area contributed by atoms with Gasteiger partial charge in [0.05, 0.1) is 6.61 Å². The Bertz CT molecular complexity index is 393. The van der Waals surface area contributed by atoms with E-state index in [0.717, 1.165) is 30.9 Å². The molecule has 2 rings (SSSR count). The summed E-state index contributed by atoms with van der Waals surface area (Å²) < 4.78 is 5.04. The lowest BCUT2D eigenvalue weighted by atomic mass is 9.87. The van der Waals surface area contributed by atoms with Crippen LogP contribution in [0.5, 0.6) is 0 Å². The molecule has 3 heteroatoms. The molecule has 1 aliphatic carbocycles. The molecule has 1 aromatic rings. The Balaban J connectivity index is 1.81. The van der Waals surface area contributed by atoms with E-state index < -0.39 is 0 Å². The number of rotatable bonds is 8. The monoisotopic (exact) mass is 307 g/mol. The molecule has 0 aromatic heterocycles. The fourth-order valence-electron chi connectivity index (χ4n) is 3.06. The van der Waals surface area contributed by atoms with Crippen LogP contribution in [0.25, 0.3) is 0 Å². The van der Waals surface area contributed by atoms with Crippen LogP contribution < -0.4 is 5.32 Å². The molecule has 1 fully saturated rings. The van der Waals surface area contributed by atoms with Crippen LogP contribution in [0.1, 0.15) is 44.6 Å². The molecular weight excluding hydrogens is 278 g/mol. The van der Waals surface area contributed by atoms with Crippen molar-refractivity contribution < 1.29 is 4.74 Å². The molecule has 0 spiro atoms. The maximum Gasteiger partial charge on any atom is 0.0587 e. The van der Waals surface area contributed by atoms with Gasteiger partial charge >= 0.3 is 0 Å². The van der Waals surface area contributed by atoms with Gasteiger partial charge in [0.25, 0.3) is 0 Å². The first-order chi connectivity index (χ1) is 10.3. The van der Waals surface area contributed by atoms with Crippen molar-refractivity contribution >= 4 is 11.8 Å². The predicted molar refractivity (Wildman–Crippen MR) is 91.9 cm³/mol. The van der Waals surface area contributed by atoms with Gasteiger partial charge in [-0.15, -0.1) is 11.8 Å². The van der Waals surface area contributed by atoms with Crippen LogP contribution in [0.15, 0.2) is 29.2 Å². The van der Waals surface area contributed by atoms with Gasteiger partial charge in [-0.05, 0) is 36.5 Å². The van der Waals surface area contributed by atoms with E-state index in [1.807, 2.05) is 0 Å². The summed E-state index contributed by atoms with van der Waals surface area (Å²) in [6.07, 6.45) is 7.00. The largest absolute Gasteiger partial charge is 0.383 e. The standard InChI is InChI=1S/C18H29NOS/c1-3-16-6-4-5-7-18(16)21-17-10-8-15(9-11-17)14-19-12-13-20-2/h8-11,16,18-19H,3-7,12-14H2,1-2H3. The Labute approximate surface area is 134 Å². The van der Waals surface area contributed by atoms with Gasteiger partial charge in [0, 0.05) is 30.3 Å². The van der Waals surface area contributed by atoms with Crippen molar-refractivity contribution in [3.8, 4) is 0 Å². The lowest BCUT2D eigenvalue weighted by Crippen LogP contribution is -2.21. The minimum atomic E-state index is 0.772. The first-order valence-corrected chi connectivity index (χ1v) is 9.16. The first-order valence-electron chi connectivity index (χ1n) is 8.28. The van der Waals surface area contributed by atoms with E-state index in [9.17, 15) is 0 Å². The Hall–Kier alpha value is -0.510. The maximum absolute atomic E-state index is 5.04. The van der Waals surface area contributed by atoms with E-state index in [-0.39, 0.29) is 0 Å². The molecule has 1 aromatic carbocycles. The fraction of sp³-hybridized carbons (Fsp3) is 0.667. The molecule has 1 saturated carbocycles. The number of hydrogen-bond donors (Lipinski definition) is 1. The summed E-state index contributed by atoms with van der Waals surface area (Å²) in [6, 6.07) is 9.09. The van der Waals surface area contributed by atoms with Gasteiger partial charge < -0.3 is 10.1 Å². The van der Waals surface area contributed by atoms with E-state index in [4.69, 9.17) is 4.74 Å². The lowest BCUT2D eigenvalue weighted by molar-refractivity contribution is 0.199. The number of hydrogen-bond acceptors (Lipinski definition) is 3. The fourth-order valence-corrected chi connectivity index (χ4v) is 4.51. The number of ether oxygens (including phenoxy) is 1. The molecule has 2 nitrogen and oxygen atoms in total. The van der Waals surface area contributed by atoms with Gasteiger partial charge in [0.2, 0.25) is 0 Å². The SMILES string of the molecule is CCC1CCCCC1Sc1ccc(CNCCOC)cc1. The second-order valence-electron chi connectivity index (χ2n) is 5.92. The zero-order valence-corrected chi connectivity index (χ0v) is 14.3.